The molecule has 0 bridgehead atoms. The maximum absolute atomic E-state index is 8.67. The highest BCUT2D eigenvalue weighted by molar-refractivity contribution is 5.39. The monoisotopic (exact) mass is 259 g/mol. The van der Waals surface area contributed by atoms with Crippen LogP contribution in [0.4, 0.5) is 0 Å². The lowest BCUT2D eigenvalue weighted by Crippen LogP contribution is -2.25. The van der Waals surface area contributed by atoms with E-state index in [0.29, 0.717) is 6.61 Å². The van der Waals surface area contributed by atoms with Crippen molar-refractivity contribution in [2.45, 2.75) is 13.3 Å². The quantitative estimate of drug-likeness (QED) is 0.836. The average Bonchev–Trinajstić information content (AvgIpc) is 2.83. The summed E-state index contributed by atoms with van der Waals surface area (Å²) in [4.78, 5) is 2.44. The van der Waals surface area contributed by atoms with Crippen LogP contribution in [0.5, 0.6) is 5.75 Å². The molecule has 0 radical (unpaired) electrons. The topological polar surface area (TPSA) is 32.7 Å². The van der Waals surface area contributed by atoms with E-state index in [1.165, 1.54) is 19.5 Å². The predicted molar refractivity (Wildman–Crippen MR) is 76.1 cm³/mol. The highest BCUT2D eigenvalue weighted by Crippen LogP contribution is 2.15. The van der Waals surface area contributed by atoms with Crippen molar-refractivity contribution in [3.05, 3.63) is 29.8 Å². The highest BCUT2D eigenvalue weighted by atomic mass is 16.5. The highest BCUT2D eigenvalue weighted by Gasteiger charge is 2.17. The minimum Gasteiger partial charge on any atom is -0.492 e. The SMILES string of the molecule is CC1CCN(CCOc2cccc(C#CCO)c2)C1. The molecule has 0 saturated carbocycles. The molecule has 3 heteroatoms. The Morgan fingerprint density at radius 1 is 1.47 bits per heavy atom. The lowest BCUT2D eigenvalue weighted by molar-refractivity contribution is 0.234. The third-order valence-electron chi connectivity index (χ3n) is 3.33. The largest absolute Gasteiger partial charge is 0.492 e. The number of ether oxygens (including phenoxy) is 1. The molecule has 1 aromatic carbocycles. The third kappa shape index (κ3) is 4.59. The Bertz CT molecular complexity index is 461. The van der Waals surface area contributed by atoms with Gasteiger partial charge in [-0.25, -0.2) is 0 Å². The second kappa shape index (κ2) is 7.18. The molecule has 102 valence electrons. The van der Waals surface area contributed by atoms with Gasteiger partial charge >= 0.3 is 0 Å². The average molecular weight is 259 g/mol. The Kier molecular flexibility index (Phi) is 5.26. The van der Waals surface area contributed by atoms with Crippen LogP contribution in [-0.4, -0.2) is 42.9 Å². The van der Waals surface area contributed by atoms with Gasteiger partial charge in [0.15, 0.2) is 0 Å². The first-order valence-corrected chi connectivity index (χ1v) is 6.83. The summed E-state index contributed by atoms with van der Waals surface area (Å²) >= 11 is 0. The molecule has 1 atom stereocenters. The van der Waals surface area contributed by atoms with Gasteiger partial charge in [-0.3, -0.25) is 4.90 Å². The first kappa shape index (κ1) is 13.9. The van der Waals surface area contributed by atoms with Gasteiger partial charge in [0.1, 0.15) is 19.0 Å². The fourth-order valence-electron chi connectivity index (χ4n) is 2.33. The molecule has 3 nitrogen and oxygen atoms in total. The van der Waals surface area contributed by atoms with Crippen LogP contribution in [0.25, 0.3) is 0 Å². The van der Waals surface area contributed by atoms with Gasteiger partial charge in [-0.05, 0) is 37.1 Å². The fraction of sp³-hybridized carbons (Fsp3) is 0.500. The summed E-state index contributed by atoms with van der Waals surface area (Å²) in [5.74, 6) is 7.18. The first-order chi connectivity index (χ1) is 9.28. The van der Waals surface area contributed by atoms with Crippen LogP contribution in [-0.2, 0) is 0 Å². The van der Waals surface area contributed by atoms with E-state index < -0.39 is 0 Å². The lowest BCUT2D eigenvalue weighted by atomic mass is 10.2. The summed E-state index contributed by atoms with van der Waals surface area (Å²) in [5.41, 5.74) is 0.876. The number of hydrogen-bond donors (Lipinski definition) is 1. The van der Waals surface area contributed by atoms with Gasteiger partial charge in [0.05, 0.1) is 0 Å². The molecule has 0 aromatic heterocycles. The van der Waals surface area contributed by atoms with E-state index in [2.05, 4.69) is 23.7 Å². The van der Waals surface area contributed by atoms with Crippen LogP contribution in [0, 0.1) is 17.8 Å². The standard InChI is InChI=1S/C16H21NO2/c1-14-7-8-17(13-14)9-11-19-16-6-2-4-15(12-16)5-3-10-18/h2,4,6,12,14,18H,7-11,13H2,1H3. The number of nitrogens with zero attached hydrogens (tertiary/aromatic N) is 1. The molecule has 1 N–H and O–H groups in total. The van der Waals surface area contributed by atoms with E-state index >= 15 is 0 Å². The van der Waals surface area contributed by atoms with E-state index in [-0.39, 0.29) is 6.61 Å². The van der Waals surface area contributed by atoms with Crippen molar-refractivity contribution in [1.82, 2.24) is 4.90 Å². The zero-order valence-electron chi connectivity index (χ0n) is 11.4. The third-order valence-corrected chi connectivity index (χ3v) is 3.33. The minimum atomic E-state index is -0.113. The van der Waals surface area contributed by atoms with Crippen LogP contribution < -0.4 is 4.74 Å². The predicted octanol–water partition coefficient (Wildman–Crippen LogP) is 1.75. The molecule has 0 spiro atoms. The van der Waals surface area contributed by atoms with E-state index in [9.17, 15) is 0 Å². The van der Waals surface area contributed by atoms with Crippen LogP contribution in [0.1, 0.15) is 18.9 Å². The van der Waals surface area contributed by atoms with Crippen LogP contribution in [0.2, 0.25) is 0 Å². The minimum absolute atomic E-state index is 0.113. The molecule has 19 heavy (non-hydrogen) atoms. The van der Waals surface area contributed by atoms with Crippen molar-refractivity contribution in [3.8, 4) is 17.6 Å². The zero-order valence-corrected chi connectivity index (χ0v) is 11.4. The first-order valence-electron chi connectivity index (χ1n) is 6.83. The number of rotatable bonds is 4. The van der Waals surface area contributed by atoms with Crippen LogP contribution in [0.3, 0.4) is 0 Å². The number of benzene rings is 1. The second-order valence-electron chi connectivity index (χ2n) is 5.03. The second-order valence-corrected chi connectivity index (χ2v) is 5.03. The maximum Gasteiger partial charge on any atom is 0.120 e. The molecule has 1 aliphatic heterocycles. The van der Waals surface area contributed by atoms with Crippen molar-refractivity contribution in [1.29, 1.82) is 0 Å². The molecule has 0 aliphatic carbocycles. The summed E-state index contributed by atoms with van der Waals surface area (Å²) in [6.07, 6.45) is 1.30. The van der Waals surface area contributed by atoms with E-state index in [1.807, 2.05) is 24.3 Å². The molecule has 0 amide bonds. The number of hydrogen-bond acceptors (Lipinski definition) is 3. The van der Waals surface area contributed by atoms with Crippen molar-refractivity contribution in [2.24, 2.45) is 5.92 Å². The number of likely N-dealkylation sites (tertiary alicyclic amines) is 1. The summed E-state index contributed by atoms with van der Waals surface area (Å²) in [7, 11) is 0. The number of aliphatic hydroxyl groups is 1. The van der Waals surface area contributed by atoms with Gasteiger partial charge in [-0.1, -0.05) is 24.8 Å². The molecule has 1 heterocycles. The van der Waals surface area contributed by atoms with E-state index in [4.69, 9.17) is 9.84 Å². The van der Waals surface area contributed by atoms with E-state index in [1.54, 1.807) is 0 Å². The summed E-state index contributed by atoms with van der Waals surface area (Å²) in [6.45, 7) is 6.25. The Morgan fingerprint density at radius 3 is 3.11 bits per heavy atom. The Hall–Kier alpha value is -1.50. The fourth-order valence-corrected chi connectivity index (χ4v) is 2.33. The van der Waals surface area contributed by atoms with Crippen LogP contribution in [0.15, 0.2) is 24.3 Å². The molecule has 1 unspecified atom stereocenters. The zero-order chi connectivity index (χ0) is 13.5. The van der Waals surface area contributed by atoms with Gasteiger partial charge in [-0.15, -0.1) is 0 Å². The van der Waals surface area contributed by atoms with Crippen molar-refractivity contribution in [2.75, 3.05) is 32.8 Å². The molecular weight excluding hydrogens is 238 g/mol. The molecular formula is C16H21NO2. The summed E-state index contributed by atoms with van der Waals surface area (Å²) < 4.78 is 5.75. The molecule has 1 aliphatic rings. The molecule has 1 saturated heterocycles. The Balaban J connectivity index is 1.79. The van der Waals surface area contributed by atoms with Gasteiger partial charge in [0, 0.05) is 18.7 Å². The Morgan fingerprint density at radius 2 is 2.37 bits per heavy atom. The van der Waals surface area contributed by atoms with Crippen molar-refractivity contribution < 1.29 is 9.84 Å². The van der Waals surface area contributed by atoms with Gasteiger partial charge < -0.3 is 9.84 Å². The molecule has 1 aromatic rings. The lowest BCUT2D eigenvalue weighted by Gasteiger charge is -2.15. The van der Waals surface area contributed by atoms with Gasteiger partial charge in [0.2, 0.25) is 0 Å². The van der Waals surface area contributed by atoms with Crippen molar-refractivity contribution >= 4 is 0 Å². The summed E-state index contributed by atoms with van der Waals surface area (Å²) in [6, 6.07) is 7.69. The molecule has 2 rings (SSSR count). The smallest absolute Gasteiger partial charge is 0.120 e. The Labute approximate surface area is 115 Å². The van der Waals surface area contributed by atoms with Gasteiger partial charge in [0.25, 0.3) is 0 Å². The molecule has 1 fully saturated rings. The van der Waals surface area contributed by atoms with Gasteiger partial charge in [-0.2, -0.15) is 0 Å². The normalized spacial score (nSPS) is 18.9. The van der Waals surface area contributed by atoms with Crippen molar-refractivity contribution in [3.63, 3.8) is 0 Å². The maximum atomic E-state index is 8.67. The number of aliphatic hydroxyl groups excluding tert-OH is 1. The van der Waals surface area contributed by atoms with E-state index in [0.717, 1.165) is 23.8 Å². The summed E-state index contributed by atoms with van der Waals surface area (Å²) in [5, 5.41) is 8.67. The van der Waals surface area contributed by atoms with Crippen LogP contribution >= 0.6 is 0 Å².